The fraction of sp³-hybridized carbons (Fsp3) is 0.406. The standard InChI is InChI=1S/C32H37Cl2FN6O3/c1-19(2)16-26-25(12-9-13-36-26)37-30(42)39-29(41-15-14-40(18-20(41)3)31(43)44-32(4,5)6)22-17-23(33)27(38-28(22)34)21-10-7-8-11-24(21)35/h7-13,17,19-20H,14-16,18H2,1-6H3,(H,37,42)/t20-/m0/s1. The first kappa shape index (κ1) is 33.1. The summed E-state index contributed by atoms with van der Waals surface area (Å²) in [5, 5.41) is 2.98. The molecule has 1 aliphatic rings. The molecule has 12 heteroatoms. The minimum absolute atomic E-state index is 0.0113. The van der Waals surface area contributed by atoms with Gasteiger partial charge in [-0.05, 0) is 70.4 Å². The molecule has 2 aromatic heterocycles. The Morgan fingerprint density at radius 3 is 2.55 bits per heavy atom. The normalized spacial score (nSPS) is 15.9. The van der Waals surface area contributed by atoms with Crippen molar-refractivity contribution in [1.82, 2.24) is 19.8 Å². The monoisotopic (exact) mass is 642 g/mol. The number of hydrogen-bond acceptors (Lipinski definition) is 5. The van der Waals surface area contributed by atoms with Gasteiger partial charge in [0.15, 0.2) is 0 Å². The van der Waals surface area contributed by atoms with Gasteiger partial charge < -0.3 is 19.9 Å². The highest BCUT2D eigenvalue weighted by molar-refractivity contribution is 6.36. The average Bonchev–Trinajstić information content (AvgIpc) is 2.93. The molecule has 0 bridgehead atoms. The first-order chi connectivity index (χ1) is 20.7. The van der Waals surface area contributed by atoms with Crippen LogP contribution in [0.3, 0.4) is 0 Å². The summed E-state index contributed by atoms with van der Waals surface area (Å²) in [7, 11) is 0. The summed E-state index contributed by atoms with van der Waals surface area (Å²) in [5.74, 6) is 0.0360. The van der Waals surface area contributed by atoms with Gasteiger partial charge >= 0.3 is 12.1 Å². The molecule has 234 valence electrons. The van der Waals surface area contributed by atoms with E-state index in [1.807, 2.05) is 32.6 Å². The van der Waals surface area contributed by atoms with E-state index in [1.165, 1.54) is 12.1 Å². The van der Waals surface area contributed by atoms with Crippen LogP contribution < -0.4 is 5.32 Å². The molecule has 0 saturated carbocycles. The molecule has 3 amide bonds. The number of nitrogens with zero attached hydrogens (tertiary/aromatic N) is 5. The molecule has 0 unspecified atom stereocenters. The van der Waals surface area contributed by atoms with E-state index in [0.717, 1.165) is 5.69 Å². The van der Waals surface area contributed by atoms with Crippen molar-refractivity contribution < 1.29 is 18.7 Å². The number of pyridine rings is 2. The number of anilines is 1. The van der Waals surface area contributed by atoms with E-state index < -0.39 is 23.5 Å². The van der Waals surface area contributed by atoms with E-state index in [0.29, 0.717) is 37.7 Å². The van der Waals surface area contributed by atoms with Crippen molar-refractivity contribution in [3.63, 3.8) is 0 Å². The Kier molecular flexibility index (Phi) is 10.5. The number of urea groups is 1. The molecule has 3 heterocycles. The number of carbonyl (C=O) groups is 2. The highest BCUT2D eigenvalue weighted by Gasteiger charge is 2.33. The van der Waals surface area contributed by atoms with Crippen LogP contribution in [-0.2, 0) is 11.2 Å². The lowest BCUT2D eigenvalue weighted by molar-refractivity contribution is 0.0134. The number of carbonyl (C=O) groups excluding carboxylic acids is 2. The van der Waals surface area contributed by atoms with Crippen molar-refractivity contribution in [2.45, 2.75) is 59.6 Å². The summed E-state index contributed by atoms with van der Waals surface area (Å²) in [4.78, 5) is 43.1. The summed E-state index contributed by atoms with van der Waals surface area (Å²) in [6.45, 7) is 12.4. The van der Waals surface area contributed by atoms with Crippen LogP contribution in [0.5, 0.6) is 0 Å². The predicted octanol–water partition coefficient (Wildman–Crippen LogP) is 7.71. The van der Waals surface area contributed by atoms with Crippen LogP contribution in [0.2, 0.25) is 10.2 Å². The number of amides is 3. The molecular formula is C32H37Cl2FN6O3. The number of amidine groups is 1. The van der Waals surface area contributed by atoms with Gasteiger partial charge in [0.2, 0.25) is 0 Å². The van der Waals surface area contributed by atoms with Crippen LogP contribution in [0.25, 0.3) is 11.3 Å². The minimum atomic E-state index is -0.648. The van der Waals surface area contributed by atoms with Crippen molar-refractivity contribution in [2.24, 2.45) is 10.9 Å². The Hall–Kier alpha value is -3.76. The first-order valence-electron chi connectivity index (χ1n) is 14.4. The largest absolute Gasteiger partial charge is 0.444 e. The minimum Gasteiger partial charge on any atom is -0.444 e. The molecular weight excluding hydrogens is 606 g/mol. The van der Waals surface area contributed by atoms with Gasteiger partial charge in [-0.15, -0.1) is 0 Å². The van der Waals surface area contributed by atoms with Gasteiger partial charge in [0.05, 0.1) is 27.7 Å². The van der Waals surface area contributed by atoms with Gasteiger partial charge in [0.25, 0.3) is 0 Å². The Balaban J connectivity index is 1.72. The topological polar surface area (TPSA) is 100 Å². The summed E-state index contributed by atoms with van der Waals surface area (Å²) in [5.41, 5.74) is 1.30. The van der Waals surface area contributed by atoms with E-state index in [1.54, 1.807) is 41.4 Å². The molecule has 0 radical (unpaired) electrons. The maximum Gasteiger partial charge on any atom is 0.410 e. The second kappa shape index (κ2) is 13.9. The Morgan fingerprint density at radius 1 is 1.16 bits per heavy atom. The maximum absolute atomic E-state index is 14.6. The van der Waals surface area contributed by atoms with Crippen LogP contribution in [-0.4, -0.2) is 69.0 Å². The zero-order chi connectivity index (χ0) is 32.2. The van der Waals surface area contributed by atoms with Gasteiger partial charge in [-0.2, -0.15) is 4.99 Å². The third-order valence-electron chi connectivity index (χ3n) is 6.79. The fourth-order valence-electron chi connectivity index (χ4n) is 4.85. The third kappa shape index (κ3) is 8.24. The van der Waals surface area contributed by atoms with Gasteiger partial charge in [-0.1, -0.05) is 49.2 Å². The molecule has 1 N–H and O–H groups in total. The molecule has 3 aromatic rings. The second-order valence-corrected chi connectivity index (χ2v) is 12.8. The number of hydrogen-bond donors (Lipinski definition) is 1. The number of ether oxygens (including phenoxy) is 1. The smallest absolute Gasteiger partial charge is 0.410 e. The maximum atomic E-state index is 14.6. The highest BCUT2D eigenvalue weighted by atomic mass is 35.5. The van der Waals surface area contributed by atoms with Crippen molar-refractivity contribution in [2.75, 3.05) is 25.0 Å². The molecule has 0 spiro atoms. The average molecular weight is 644 g/mol. The molecule has 1 aliphatic heterocycles. The quantitative estimate of drug-likeness (QED) is 0.174. The number of nitrogens with one attached hydrogen (secondary N) is 1. The van der Waals surface area contributed by atoms with Gasteiger partial charge in [-0.3, -0.25) is 4.98 Å². The second-order valence-electron chi connectivity index (χ2n) is 12.1. The number of benzene rings is 1. The van der Waals surface area contributed by atoms with Crippen LogP contribution in [0.1, 0.15) is 52.8 Å². The SMILES string of the molecule is CC(C)Cc1ncccc1NC(=O)N=C(c1cc(Cl)c(-c2ccccc2F)nc1Cl)N1CCN(C(=O)OC(C)(C)C)C[C@@H]1C. The molecule has 1 aromatic carbocycles. The summed E-state index contributed by atoms with van der Waals surface area (Å²) in [6.07, 6.45) is 1.92. The van der Waals surface area contributed by atoms with Crippen LogP contribution in [0.4, 0.5) is 19.7 Å². The Morgan fingerprint density at radius 2 is 1.89 bits per heavy atom. The molecule has 1 atom stereocenters. The number of halogens is 3. The van der Waals surface area contributed by atoms with Gasteiger partial charge in [-0.25, -0.2) is 19.0 Å². The Bertz CT molecular complexity index is 1560. The van der Waals surface area contributed by atoms with E-state index in [4.69, 9.17) is 27.9 Å². The lowest BCUT2D eigenvalue weighted by Gasteiger charge is -2.41. The molecule has 44 heavy (non-hydrogen) atoms. The van der Waals surface area contributed by atoms with Crippen LogP contribution in [0.15, 0.2) is 53.7 Å². The summed E-state index contributed by atoms with van der Waals surface area (Å²) in [6, 6.07) is 10.2. The van der Waals surface area contributed by atoms with Crippen molar-refractivity contribution in [3.05, 3.63) is 75.9 Å². The van der Waals surface area contributed by atoms with E-state index in [9.17, 15) is 14.0 Å². The number of rotatable bonds is 5. The van der Waals surface area contributed by atoms with Crippen molar-refractivity contribution >= 4 is 46.8 Å². The first-order valence-corrected chi connectivity index (χ1v) is 15.2. The molecule has 4 rings (SSSR count). The zero-order valence-electron chi connectivity index (χ0n) is 25.7. The molecule has 0 aliphatic carbocycles. The predicted molar refractivity (Wildman–Crippen MR) is 172 cm³/mol. The van der Waals surface area contributed by atoms with Gasteiger partial charge in [0, 0.05) is 37.4 Å². The van der Waals surface area contributed by atoms with Crippen molar-refractivity contribution in [1.29, 1.82) is 0 Å². The number of aromatic nitrogens is 2. The number of aliphatic imine (C=N–C) groups is 1. The summed E-state index contributed by atoms with van der Waals surface area (Å²) < 4.78 is 20.2. The third-order valence-corrected chi connectivity index (χ3v) is 7.37. The van der Waals surface area contributed by atoms with Crippen molar-refractivity contribution in [3.8, 4) is 11.3 Å². The van der Waals surface area contributed by atoms with Crippen LogP contribution in [0, 0.1) is 11.7 Å². The highest BCUT2D eigenvalue weighted by Crippen LogP contribution is 2.33. The van der Waals surface area contributed by atoms with Crippen LogP contribution >= 0.6 is 23.2 Å². The Labute approximate surface area is 267 Å². The summed E-state index contributed by atoms with van der Waals surface area (Å²) >= 11 is 13.4. The zero-order valence-corrected chi connectivity index (χ0v) is 27.2. The van der Waals surface area contributed by atoms with Gasteiger partial charge in [0.1, 0.15) is 22.4 Å². The molecule has 9 nitrogen and oxygen atoms in total. The lowest BCUT2D eigenvalue weighted by Crippen LogP contribution is -2.56. The lowest BCUT2D eigenvalue weighted by atomic mass is 10.1. The molecule has 1 saturated heterocycles. The van der Waals surface area contributed by atoms with E-state index in [-0.39, 0.29) is 38.9 Å². The molecule has 1 fully saturated rings. The fourth-order valence-corrected chi connectivity index (χ4v) is 5.33. The van der Waals surface area contributed by atoms with E-state index >= 15 is 0 Å². The van der Waals surface area contributed by atoms with E-state index in [2.05, 4.69) is 34.1 Å². The number of piperazine rings is 1.